The molecule has 0 spiro atoms. The number of nitrogens with one attached hydrogen (secondary N) is 1. The minimum atomic E-state index is -0.235. The molecule has 1 amide bonds. The van der Waals surface area contributed by atoms with Crippen molar-refractivity contribution in [2.75, 3.05) is 40.4 Å². The Morgan fingerprint density at radius 2 is 2.23 bits per heavy atom. The number of carbonyl (C=O) groups is 1. The molecule has 1 saturated heterocycles. The number of benzene rings is 1. The third-order valence-corrected chi connectivity index (χ3v) is 4.06. The number of para-hydroxylation sites is 1. The van der Waals surface area contributed by atoms with Crippen molar-refractivity contribution >= 4 is 5.91 Å². The molecule has 1 fully saturated rings. The molecule has 0 radical (unpaired) electrons. The molecule has 6 heteroatoms. The summed E-state index contributed by atoms with van der Waals surface area (Å²) in [5.74, 6) is 0.867. The number of hydrogen-bond donors (Lipinski definition) is 2. The van der Waals surface area contributed by atoms with Crippen LogP contribution in [0.2, 0.25) is 0 Å². The maximum Gasteiger partial charge on any atom is 0.225 e. The van der Waals surface area contributed by atoms with Gasteiger partial charge >= 0.3 is 0 Å². The Bertz CT molecular complexity index is 491. The first-order valence-corrected chi connectivity index (χ1v) is 7.57. The molecular formula is C16H25N3O3. The Hall–Kier alpha value is -1.63. The summed E-state index contributed by atoms with van der Waals surface area (Å²) in [5.41, 5.74) is 6.65. The lowest BCUT2D eigenvalue weighted by atomic mass is 10.0. The maximum atomic E-state index is 12.6. The number of nitrogens with zero attached hydrogens (tertiary/aromatic N) is 1. The van der Waals surface area contributed by atoms with Crippen molar-refractivity contribution in [2.45, 2.75) is 18.6 Å². The highest BCUT2D eigenvalue weighted by molar-refractivity contribution is 5.77. The second kappa shape index (κ2) is 8.12. The Balaban J connectivity index is 2.19. The SMILES string of the molecule is COc1ccccc1C1CNCCN1C(=O)CC(CN)OC. The molecule has 1 aromatic carbocycles. The van der Waals surface area contributed by atoms with Gasteiger partial charge in [-0.2, -0.15) is 0 Å². The summed E-state index contributed by atoms with van der Waals surface area (Å²) in [6.45, 7) is 2.51. The summed E-state index contributed by atoms with van der Waals surface area (Å²) in [4.78, 5) is 14.5. The summed E-state index contributed by atoms with van der Waals surface area (Å²) in [6.07, 6.45) is 0.0688. The van der Waals surface area contributed by atoms with Crippen LogP contribution < -0.4 is 15.8 Å². The van der Waals surface area contributed by atoms with Gasteiger partial charge in [0.1, 0.15) is 5.75 Å². The summed E-state index contributed by atoms with van der Waals surface area (Å²) in [7, 11) is 3.23. The van der Waals surface area contributed by atoms with E-state index in [1.165, 1.54) is 0 Å². The summed E-state index contributed by atoms with van der Waals surface area (Å²) in [6, 6.07) is 7.79. The van der Waals surface area contributed by atoms with Crippen LogP contribution in [0.1, 0.15) is 18.0 Å². The number of piperazine rings is 1. The Kier molecular flexibility index (Phi) is 6.18. The van der Waals surface area contributed by atoms with Gasteiger partial charge in [-0.25, -0.2) is 0 Å². The van der Waals surface area contributed by atoms with Crippen molar-refractivity contribution in [1.29, 1.82) is 0 Å². The highest BCUT2D eigenvalue weighted by Gasteiger charge is 2.30. The van der Waals surface area contributed by atoms with Gasteiger partial charge in [-0.15, -0.1) is 0 Å². The second-order valence-electron chi connectivity index (χ2n) is 5.35. The predicted octanol–water partition coefficient (Wildman–Crippen LogP) is 0.532. The topological polar surface area (TPSA) is 76.8 Å². The van der Waals surface area contributed by atoms with Gasteiger partial charge in [-0.3, -0.25) is 4.79 Å². The number of amides is 1. The quantitative estimate of drug-likeness (QED) is 0.802. The molecule has 122 valence electrons. The zero-order valence-corrected chi connectivity index (χ0v) is 13.2. The van der Waals surface area contributed by atoms with Crippen LogP contribution >= 0.6 is 0 Å². The number of methoxy groups -OCH3 is 2. The van der Waals surface area contributed by atoms with E-state index >= 15 is 0 Å². The molecular weight excluding hydrogens is 282 g/mol. The van der Waals surface area contributed by atoms with Crippen LogP contribution in [-0.2, 0) is 9.53 Å². The third-order valence-electron chi connectivity index (χ3n) is 4.06. The van der Waals surface area contributed by atoms with Crippen molar-refractivity contribution in [1.82, 2.24) is 10.2 Å². The minimum absolute atomic E-state index is 0.0346. The average molecular weight is 307 g/mol. The molecule has 6 nitrogen and oxygen atoms in total. The van der Waals surface area contributed by atoms with E-state index in [2.05, 4.69) is 5.32 Å². The summed E-state index contributed by atoms with van der Waals surface area (Å²) >= 11 is 0. The molecule has 0 bridgehead atoms. The molecule has 3 N–H and O–H groups in total. The van der Waals surface area contributed by atoms with Crippen molar-refractivity contribution < 1.29 is 14.3 Å². The van der Waals surface area contributed by atoms with Crippen LogP contribution in [0.5, 0.6) is 5.75 Å². The zero-order valence-electron chi connectivity index (χ0n) is 13.2. The van der Waals surface area contributed by atoms with Crippen LogP contribution in [0.4, 0.5) is 0 Å². The monoisotopic (exact) mass is 307 g/mol. The summed E-state index contributed by atoms with van der Waals surface area (Å²) < 4.78 is 10.7. The van der Waals surface area contributed by atoms with Gasteiger partial charge in [-0.1, -0.05) is 18.2 Å². The molecule has 1 aromatic rings. The van der Waals surface area contributed by atoms with Crippen LogP contribution in [0.25, 0.3) is 0 Å². The number of carbonyl (C=O) groups excluding carboxylic acids is 1. The Labute approximate surface area is 131 Å². The van der Waals surface area contributed by atoms with Gasteiger partial charge in [0, 0.05) is 38.9 Å². The first-order chi connectivity index (χ1) is 10.7. The fourth-order valence-corrected chi connectivity index (χ4v) is 2.80. The number of hydrogen-bond acceptors (Lipinski definition) is 5. The van der Waals surface area contributed by atoms with Gasteiger partial charge in [-0.05, 0) is 6.07 Å². The first kappa shape index (κ1) is 16.7. The second-order valence-corrected chi connectivity index (χ2v) is 5.35. The highest BCUT2D eigenvalue weighted by Crippen LogP contribution is 2.30. The van der Waals surface area contributed by atoms with Gasteiger partial charge < -0.3 is 25.4 Å². The van der Waals surface area contributed by atoms with Crippen LogP contribution in [0.3, 0.4) is 0 Å². The maximum absolute atomic E-state index is 12.6. The van der Waals surface area contributed by atoms with Crippen molar-refractivity contribution in [2.24, 2.45) is 5.73 Å². The zero-order chi connectivity index (χ0) is 15.9. The molecule has 0 saturated carbocycles. The van der Waals surface area contributed by atoms with Gasteiger partial charge in [0.05, 0.1) is 25.7 Å². The van der Waals surface area contributed by atoms with Gasteiger partial charge in [0.2, 0.25) is 5.91 Å². The third kappa shape index (κ3) is 3.76. The molecule has 2 rings (SSSR count). The minimum Gasteiger partial charge on any atom is -0.496 e. The van der Waals surface area contributed by atoms with E-state index in [0.29, 0.717) is 26.1 Å². The van der Waals surface area contributed by atoms with E-state index in [-0.39, 0.29) is 18.1 Å². The van der Waals surface area contributed by atoms with Crippen LogP contribution in [-0.4, -0.2) is 57.3 Å². The Morgan fingerprint density at radius 3 is 2.91 bits per heavy atom. The summed E-state index contributed by atoms with van der Waals surface area (Å²) in [5, 5.41) is 3.35. The van der Waals surface area contributed by atoms with Crippen molar-refractivity contribution in [3.8, 4) is 5.75 Å². The lowest BCUT2D eigenvalue weighted by molar-refractivity contribution is -0.137. The van der Waals surface area contributed by atoms with E-state index in [1.807, 2.05) is 29.2 Å². The normalized spacial score (nSPS) is 19.8. The lowest BCUT2D eigenvalue weighted by Gasteiger charge is -2.37. The molecule has 1 heterocycles. The smallest absolute Gasteiger partial charge is 0.225 e. The molecule has 1 aliphatic rings. The fraction of sp³-hybridized carbons (Fsp3) is 0.562. The first-order valence-electron chi connectivity index (χ1n) is 7.57. The van der Waals surface area contributed by atoms with Crippen LogP contribution in [0.15, 0.2) is 24.3 Å². The largest absolute Gasteiger partial charge is 0.496 e. The number of nitrogens with two attached hydrogens (primary N) is 1. The van der Waals surface area contributed by atoms with Crippen molar-refractivity contribution in [3.05, 3.63) is 29.8 Å². The predicted molar refractivity (Wildman–Crippen MR) is 84.8 cm³/mol. The van der Waals surface area contributed by atoms with Gasteiger partial charge in [0.15, 0.2) is 0 Å². The van der Waals surface area contributed by atoms with E-state index in [4.69, 9.17) is 15.2 Å². The fourth-order valence-electron chi connectivity index (χ4n) is 2.80. The molecule has 1 aliphatic heterocycles. The molecule has 2 atom stereocenters. The average Bonchev–Trinajstić information content (AvgIpc) is 2.59. The molecule has 22 heavy (non-hydrogen) atoms. The van der Waals surface area contributed by atoms with E-state index in [9.17, 15) is 4.79 Å². The number of rotatable bonds is 6. The molecule has 2 unspecified atom stereocenters. The van der Waals surface area contributed by atoms with E-state index in [0.717, 1.165) is 17.9 Å². The van der Waals surface area contributed by atoms with Crippen molar-refractivity contribution in [3.63, 3.8) is 0 Å². The van der Waals surface area contributed by atoms with E-state index < -0.39 is 0 Å². The standard InChI is InChI=1S/C16H25N3O3/c1-21-12(10-17)9-16(20)19-8-7-18-11-14(19)13-5-3-4-6-15(13)22-2/h3-6,12,14,18H,7-11,17H2,1-2H3. The molecule has 0 aromatic heterocycles. The van der Waals surface area contributed by atoms with Gasteiger partial charge in [0.25, 0.3) is 0 Å². The molecule has 0 aliphatic carbocycles. The lowest BCUT2D eigenvalue weighted by Crippen LogP contribution is -2.49. The highest BCUT2D eigenvalue weighted by atomic mass is 16.5. The van der Waals surface area contributed by atoms with E-state index in [1.54, 1.807) is 14.2 Å². The Morgan fingerprint density at radius 1 is 1.45 bits per heavy atom. The number of ether oxygens (including phenoxy) is 2. The van der Waals surface area contributed by atoms with Crippen LogP contribution in [0, 0.1) is 0 Å².